The third kappa shape index (κ3) is 4.87. The lowest BCUT2D eigenvalue weighted by atomic mass is 9.99. The number of rotatable bonds is 5. The van der Waals surface area contributed by atoms with Crippen molar-refractivity contribution in [3.05, 3.63) is 41.5 Å². The average molecular weight is 261 g/mol. The highest BCUT2D eigenvalue weighted by atomic mass is 16.3. The summed E-state index contributed by atoms with van der Waals surface area (Å²) in [5.74, 6) is -0.203. The monoisotopic (exact) mass is 261 g/mol. The number of carbonyl (C=O) groups is 1. The molecule has 3 heteroatoms. The second kappa shape index (κ2) is 6.53. The molecule has 0 aliphatic rings. The van der Waals surface area contributed by atoms with Gasteiger partial charge in [-0.15, -0.1) is 0 Å². The van der Waals surface area contributed by atoms with Gasteiger partial charge in [-0.1, -0.05) is 31.2 Å². The van der Waals surface area contributed by atoms with Crippen LogP contribution in [-0.2, 0) is 11.2 Å². The fourth-order valence-electron chi connectivity index (χ4n) is 1.50. The highest BCUT2D eigenvalue weighted by molar-refractivity contribution is 5.92. The van der Waals surface area contributed by atoms with Gasteiger partial charge in [0.15, 0.2) is 0 Å². The molecule has 1 unspecified atom stereocenters. The van der Waals surface area contributed by atoms with E-state index in [1.807, 2.05) is 12.1 Å². The molecule has 1 amide bonds. The number of nitrogens with one attached hydrogen (secondary N) is 1. The maximum Gasteiger partial charge on any atom is 0.244 e. The first-order valence-corrected chi connectivity index (χ1v) is 6.62. The zero-order valence-corrected chi connectivity index (χ0v) is 12.1. The molecular weight excluding hydrogens is 238 g/mol. The Balaban J connectivity index is 2.63. The highest BCUT2D eigenvalue weighted by Crippen LogP contribution is 2.09. The molecule has 0 heterocycles. The van der Waals surface area contributed by atoms with E-state index < -0.39 is 11.6 Å². The Labute approximate surface area is 115 Å². The van der Waals surface area contributed by atoms with Crippen molar-refractivity contribution in [1.82, 2.24) is 5.32 Å². The van der Waals surface area contributed by atoms with Crippen LogP contribution in [0.15, 0.2) is 30.3 Å². The van der Waals surface area contributed by atoms with Gasteiger partial charge in [0.1, 0.15) is 0 Å². The van der Waals surface area contributed by atoms with Crippen LogP contribution in [0.5, 0.6) is 0 Å². The average Bonchev–Trinajstić information content (AvgIpc) is 2.36. The van der Waals surface area contributed by atoms with Crippen molar-refractivity contribution in [3.63, 3.8) is 0 Å². The molecule has 3 nitrogen and oxygen atoms in total. The second-order valence-electron chi connectivity index (χ2n) is 5.32. The zero-order valence-electron chi connectivity index (χ0n) is 12.1. The summed E-state index contributed by atoms with van der Waals surface area (Å²) >= 11 is 0. The first kappa shape index (κ1) is 15.4. The second-order valence-corrected chi connectivity index (χ2v) is 5.32. The number of hydrogen-bond donors (Lipinski definition) is 2. The van der Waals surface area contributed by atoms with Gasteiger partial charge in [-0.3, -0.25) is 4.79 Å². The number of carbonyl (C=O) groups excluding carboxylic acids is 1. The lowest BCUT2D eigenvalue weighted by Gasteiger charge is -2.28. The van der Waals surface area contributed by atoms with Gasteiger partial charge in [-0.05, 0) is 44.4 Å². The number of amides is 1. The highest BCUT2D eigenvalue weighted by Gasteiger charge is 2.24. The van der Waals surface area contributed by atoms with Crippen molar-refractivity contribution in [2.75, 3.05) is 0 Å². The molecule has 1 rings (SSSR count). The van der Waals surface area contributed by atoms with E-state index in [1.165, 1.54) is 11.6 Å². The summed E-state index contributed by atoms with van der Waals surface area (Å²) in [7, 11) is 0. The van der Waals surface area contributed by atoms with Gasteiger partial charge < -0.3 is 10.4 Å². The fourth-order valence-corrected chi connectivity index (χ4v) is 1.50. The van der Waals surface area contributed by atoms with Gasteiger partial charge in [-0.25, -0.2) is 0 Å². The van der Waals surface area contributed by atoms with E-state index in [4.69, 9.17) is 0 Å². The standard InChI is InChI=1S/C16H23NO2/c1-5-13-6-8-14(9-7-13)10-11-15(19)17-16(3,4)12(2)18/h6-12,18H,5H2,1-4H3,(H,17,19)/b11-10+. The first-order valence-electron chi connectivity index (χ1n) is 6.62. The Morgan fingerprint density at radius 1 is 1.37 bits per heavy atom. The molecule has 0 aromatic heterocycles. The smallest absolute Gasteiger partial charge is 0.244 e. The molecule has 1 aromatic carbocycles. The Morgan fingerprint density at radius 3 is 2.42 bits per heavy atom. The number of aliphatic hydroxyl groups is 1. The Bertz CT molecular complexity index is 444. The number of aliphatic hydroxyl groups excluding tert-OH is 1. The molecule has 0 bridgehead atoms. The Morgan fingerprint density at radius 2 is 1.95 bits per heavy atom. The molecule has 0 fully saturated rings. The summed E-state index contributed by atoms with van der Waals surface area (Å²) in [6, 6.07) is 8.08. The van der Waals surface area contributed by atoms with Gasteiger partial charge in [0, 0.05) is 6.08 Å². The molecule has 2 N–H and O–H groups in total. The van der Waals surface area contributed by atoms with E-state index in [0.717, 1.165) is 12.0 Å². The van der Waals surface area contributed by atoms with Crippen molar-refractivity contribution in [2.45, 2.75) is 45.8 Å². The molecule has 0 aliphatic heterocycles. The molecule has 1 aromatic rings. The topological polar surface area (TPSA) is 49.3 Å². The van der Waals surface area contributed by atoms with Gasteiger partial charge in [0.2, 0.25) is 5.91 Å². The van der Waals surface area contributed by atoms with Crippen molar-refractivity contribution >= 4 is 12.0 Å². The van der Waals surface area contributed by atoms with E-state index in [1.54, 1.807) is 26.8 Å². The first-order chi connectivity index (χ1) is 8.85. The molecule has 0 aliphatic carbocycles. The minimum atomic E-state index is -0.631. The van der Waals surface area contributed by atoms with Crippen molar-refractivity contribution in [2.24, 2.45) is 0 Å². The number of aryl methyl sites for hydroxylation is 1. The quantitative estimate of drug-likeness (QED) is 0.800. The third-order valence-electron chi connectivity index (χ3n) is 3.30. The summed E-state index contributed by atoms with van der Waals surface area (Å²) in [6.07, 6.45) is 3.67. The van der Waals surface area contributed by atoms with E-state index in [0.29, 0.717) is 0 Å². The van der Waals surface area contributed by atoms with Gasteiger partial charge in [0.25, 0.3) is 0 Å². The summed E-state index contributed by atoms with van der Waals surface area (Å²) in [5, 5.41) is 12.3. The summed E-state index contributed by atoms with van der Waals surface area (Å²) in [6.45, 7) is 7.35. The van der Waals surface area contributed by atoms with Crippen LogP contribution in [0.1, 0.15) is 38.8 Å². The molecule has 1 atom stereocenters. The lowest BCUT2D eigenvalue weighted by Crippen LogP contribution is -2.50. The van der Waals surface area contributed by atoms with Gasteiger partial charge >= 0.3 is 0 Å². The molecule has 19 heavy (non-hydrogen) atoms. The minimum Gasteiger partial charge on any atom is -0.391 e. The fraction of sp³-hybridized carbons (Fsp3) is 0.438. The summed E-state index contributed by atoms with van der Waals surface area (Å²) in [5.41, 5.74) is 1.63. The van der Waals surface area contributed by atoms with E-state index in [9.17, 15) is 9.90 Å². The number of hydrogen-bond acceptors (Lipinski definition) is 2. The molecule has 0 spiro atoms. The number of benzene rings is 1. The molecular formula is C16H23NO2. The van der Waals surface area contributed by atoms with Crippen molar-refractivity contribution < 1.29 is 9.90 Å². The van der Waals surface area contributed by atoms with Crippen LogP contribution in [-0.4, -0.2) is 22.7 Å². The van der Waals surface area contributed by atoms with E-state index in [-0.39, 0.29) is 5.91 Å². The van der Waals surface area contributed by atoms with Crippen LogP contribution in [0.3, 0.4) is 0 Å². The van der Waals surface area contributed by atoms with Crippen LogP contribution in [0.4, 0.5) is 0 Å². The van der Waals surface area contributed by atoms with Crippen LogP contribution in [0, 0.1) is 0 Å². The molecule has 0 radical (unpaired) electrons. The van der Waals surface area contributed by atoms with Crippen LogP contribution in [0.2, 0.25) is 0 Å². The van der Waals surface area contributed by atoms with Crippen LogP contribution in [0.25, 0.3) is 6.08 Å². The maximum absolute atomic E-state index is 11.8. The van der Waals surface area contributed by atoms with Gasteiger partial charge in [0.05, 0.1) is 11.6 Å². The van der Waals surface area contributed by atoms with E-state index >= 15 is 0 Å². The van der Waals surface area contributed by atoms with Crippen molar-refractivity contribution in [1.29, 1.82) is 0 Å². The summed E-state index contributed by atoms with van der Waals surface area (Å²) in [4.78, 5) is 11.8. The van der Waals surface area contributed by atoms with Crippen LogP contribution >= 0.6 is 0 Å². The third-order valence-corrected chi connectivity index (χ3v) is 3.30. The largest absolute Gasteiger partial charge is 0.391 e. The Hall–Kier alpha value is -1.61. The van der Waals surface area contributed by atoms with Crippen molar-refractivity contribution in [3.8, 4) is 0 Å². The van der Waals surface area contributed by atoms with E-state index in [2.05, 4.69) is 24.4 Å². The van der Waals surface area contributed by atoms with Crippen LogP contribution < -0.4 is 5.32 Å². The molecule has 104 valence electrons. The zero-order chi connectivity index (χ0) is 14.5. The minimum absolute atomic E-state index is 0.203. The molecule has 0 saturated carbocycles. The normalized spacial score (nSPS) is 13.5. The summed E-state index contributed by atoms with van der Waals surface area (Å²) < 4.78 is 0. The predicted molar refractivity (Wildman–Crippen MR) is 78.8 cm³/mol. The lowest BCUT2D eigenvalue weighted by molar-refractivity contribution is -0.119. The maximum atomic E-state index is 11.8. The Kier molecular flexibility index (Phi) is 5.31. The van der Waals surface area contributed by atoms with Gasteiger partial charge in [-0.2, -0.15) is 0 Å². The molecule has 0 saturated heterocycles. The SMILES string of the molecule is CCc1ccc(/C=C/C(=O)NC(C)(C)C(C)O)cc1. The predicted octanol–water partition coefficient (Wildman–Crippen LogP) is 2.54.